The molecule has 0 amide bonds. The molecule has 0 radical (unpaired) electrons. The fraction of sp³-hybridized carbons (Fsp3) is 0.500. The SMILES string of the molecule is O=C(OP(=O)(O)OP(=O)(O)O)C1OO1. The maximum absolute atomic E-state index is 10.7. The first-order valence-electron chi connectivity index (χ1n) is 2.85. The summed E-state index contributed by atoms with van der Waals surface area (Å²) in [6.07, 6.45) is -1.46. The first-order valence-corrected chi connectivity index (χ1v) is 5.87. The van der Waals surface area contributed by atoms with Gasteiger partial charge in [0.05, 0.1) is 0 Å². The van der Waals surface area contributed by atoms with Gasteiger partial charge < -0.3 is 14.3 Å². The van der Waals surface area contributed by atoms with Crippen LogP contribution in [0.2, 0.25) is 0 Å². The van der Waals surface area contributed by atoms with Gasteiger partial charge >= 0.3 is 27.9 Å². The van der Waals surface area contributed by atoms with Crippen LogP contribution in [-0.2, 0) is 32.5 Å². The van der Waals surface area contributed by atoms with Crippen LogP contribution < -0.4 is 0 Å². The summed E-state index contributed by atoms with van der Waals surface area (Å²) in [6.45, 7) is 0. The molecule has 1 heterocycles. The Labute approximate surface area is 76.1 Å². The Kier molecular flexibility index (Phi) is 3.10. The molecule has 1 aliphatic rings. The van der Waals surface area contributed by atoms with Crippen molar-refractivity contribution in [3.63, 3.8) is 0 Å². The normalized spacial score (nSPS) is 21.4. The molecule has 12 heteroatoms. The summed E-state index contributed by atoms with van der Waals surface area (Å²) in [6, 6.07) is 0. The molecule has 1 atom stereocenters. The molecule has 1 rings (SSSR count). The molecule has 1 fully saturated rings. The summed E-state index contributed by atoms with van der Waals surface area (Å²) in [5.74, 6) is -1.43. The largest absolute Gasteiger partial charge is 0.538 e. The van der Waals surface area contributed by atoms with E-state index in [0.717, 1.165) is 0 Å². The van der Waals surface area contributed by atoms with Crippen molar-refractivity contribution in [3.05, 3.63) is 0 Å². The molecular weight excluding hydrogens is 246 g/mol. The zero-order valence-electron chi connectivity index (χ0n) is 6.17. The average Bonchev–Trinajstić information content (AvgIpc) is 2.57. The second kappa shape index (κ2) is 3.69. The fourth-order valence-corrected chi connectivity index (χ4v) is 1.94. The molecule has 0 bridgehead atoms. The lowest BCUT2D eigenvalue weighted by molar-refractivity contribution is -0.137. The Balaban J connectivity index is 2.52. The standard InChI is InChI=1S/C2H4O10P2/c3-1(2-9-10-2)11-14(7,8)12-13(4,5)6/h2H,(H,7,8)(H2,4,5,6). The van der Waals surface area contributed by atoms with Crippen LogP contribution in [-0.4, -0.2) is 26.9 Å². The highest BCUT2D eigenvalue weighted by atomic mass is 31.3. The Morgan fingerprint density at radius 1 is 1.21 bits per heavy atom. The molecule has 0 aromatic rings. The lowest BCUT2D eigenvalue weighted by Gasteiger charge is -2.10. The second-order valence-electron chi connectivity index (χ2n) is 1.98. The molecule has 0 aromatic heterocycles. The number of carbonyl (C=O) groups excluding carboxylic acids is 1. The summed E-state index contributed by atoms with van der Waals surface area (Å²) in [5.41, 5.74) is 0. The van der Waals surface area contributed by atoms with Crippen molar-refractivity contribution < 1.29 is 47.2 Å². The van der Waals surface area contributed by atoms with Crippen LogP contribution in [0.4, 0.5) is 0 Å². The Morgan fingerprint density at radius 3 is 2.07 bits per heavy atom. The smallest absolute Gasteiger partial charge is 0.366 e. The molecular formula is C2H4O10P2. The van der Waals surface area contributed by atoms with Crippen molar-refractivity contribution in [1.29, 1.82) is 0 Å². The van der Waals surface area contributed by atoms with E-state index in [1.807, 2.05) is 0 Å². The van der Waals surface area contributed by atoms with Crippen LogP contribution >= 0.6 is 15.6 Å². The van der Waals surface area contributed by atoms with Gasteiger partial charge in [-0.3, -0.25) is 4.89 Å². The summed E-state index contributed by atoms with van der Waals surface area (Å²) in [5, 5.41) is 0. The van der Waals surface area contributed by atoms with Gasteiger partial charge in [-0.2, -0.15) is 14.1 Å². The highest BCUT2D eigenvalue weighted by Crippen LogP contribution is 2.57. The zero-order valence-corrected chi connectivity index (χ0v) is 7.96. The van der Waals surface area contributed by atoms with Gasteiger partial charge in [0.1, 0.15) is 0 Å². The van der Waals surface area contributed by atoms with Crippen molar-refractivity contribution >= 4 is 21.6 Å². The lowest BCUT2D eigenvalue weighted by Crippen LogP contribution is -2.10. The third-order valence-electron chi connectivity index (χ3n) is 0.800. The average molecular weight is 250 g/mol. The quantitative estimate of drug-likeness (QED) is 0.322. The second-order valence-corrected chi connectivity index (χ2v) is 4.73. The van der Waals surface area contributed by atoms with Crippen LogP contribution in [0.1, 0.15) is 0 Å². The first kappa shape index (κ1) is 11.8. The summed E-state index contributed by atoms with van der Waals surface area (Å²) < 4.78 is 27.7. The number of phosphoric acid groups is 2. The van der Waals surface area contributed by atoms with E-state index < -0.39 is 27.9 Å². The number of hydrogen-bond donors (Lipinski definition) is 3. The van der Waals surface area contributed by atoms with Crippen molar-refractivity contribution in [2.75, 3.05) is 0 Å². The van der Waals surface area contributed by atoms with Crippen LogP contribution in [0, 0.1) is 0 Å². The number of carbonyl (C=O) groups is 1. The molecule has 0 aromatic carbocycles. The third-order valence-corrected chi connectivity index (χ3v) is 2.89. The van der Waals surface area contributed by atoms with E-state index >= 15 is 0 Å². The molecule has 0 saturated carbocycles. The van der Waals surface area contributed by atoms with E-state index in [1.165, 1.54) is 0 Å². The summed E-state index contributed by atoms with van der Waals surface area (Å²) in [4.78, 5) is 43.2. The van der Waals surface area contributed by atoms with Crippen molar-refractivity contribution in [1.82, 2.24) is 0 Å². The van der Waals surface area contributed by atoms with E-state index in [2.05, 4.69) is 18.6 Å². The number of rotatable bonds is 4. The van der Waals surface area contributed by atoms with Crippen LogP contribution in [0.3, 0.4) is 0 Å². The topological polar surface area (TPSA) is 155 Å². The van der Waals surface area contributed by atoms with Crippen LogP contribution in [0.15, 0.2) is 0 Å². The summed E-state index contributed by atoms with van der Waals surface area (Å²) >= 11 is 0. The predicted molar refractivity (Wildman–Crippen MR) is 35.0 cm³/mol. The van der Waals surface area contributed by atoms with Gasteiger partial charge in [0.25, 0.3) is 0 Å². The van der Waals surface area contributed by atoms with E-state index in [0.29, 0.717) is 0 Å². The molecule has 1 aliphatic heterocycles. The Morgan fingerprint density at radius 2 is 1.71 bits per heavy atom. The minimum absolute atomic E-state index is 1.43. The van der Waals surface area contributed by atoms with Crippen LogP contribution in [0.5, 0.6) is 0 Å². The molecule has 3 N–H and O–H groups in total. The van der Waals surface area contributed by atoms with Crippen molar-refractivity contribution in [2.24, 2.45) is 0 Å². The fourth-order valence-electron chi connectivity index (χ4n) is 0.414. The number of hydrogen-bond acceptors (Lipinski definition) is 7. The molecule has 0 spiro atoms. The van der Waals surface area contributed by atoms with E-state index in [9.17, 15) is 13.9 Å². The van der Waals surface area contributed by atoms with E-state index in [1.54, 1.807) is 0 Å². The predicted octanol–water partition coefficient (Wildman–Crippen LogP) is -0.973. The van der Waals surface area contributed by atoms with E-state index in [-0.39, 0.29) is 0 Å². The monoisotopic (exact) mass is 250 g/mol. The third kappa shape index (κ3) is 4.27. The molecule has 1 unspecified atom stereocenters. The van der Waals surface area contributed by atoms with Gasteiger partial charge in [-0.25, -0.2) is 13.9 Å². The van der Waals surface area contributed by atoms with E-state index in [4.69, 9.17) is 14.7 Å². The molecule has 10 nitrogen and oxygen atoms in total. The van der Waals surface area contributed by atoms with Gasteiger partial charge in [0.2, 0.25) is 0 Å². The highest BCUT2D eigenvalue weighted by molar-refractivity contribution is 7.61. The molecule has 0 aliphatic carbocycles. The summed E-state index contributed by atoms with van der Waals surface area (Å²) in [7, 11) is -10.4. The van der Waals surface area contributed by atoms with Gasteiger partial charge in [0, 0.05) is 0 Å². The van der Waals surface area contributed by atoms with Gasteiger partial charge in [-0.15, -0.1) is 0 Å². The molecule has 82 valence electrons. The highest BCUT2D eigenvalue weighted by Gasteiger charge is 2.44. The molecule has 14 heavy (non-hydrogen) atoms. The maximum atomic E-state index is 10.7. The Hall–Kier alpha value is -0.310. The van der Waals surface area contributed by atoms with Crippen molar-refractivity contribution in [2.45, 2.75) is 6.29 Å². The Bertz CT molecular complexity index is 323. The van der Waals surface area contributed by atoms with Gasteiger partial charge in [-0.1, -0.05) is 0 Å². The first-order chi connectivity index (χ1) is 6.20. The van der Waals surface area contributed by atoms with Gasteiger partial charge in [-0.05, 0) is 0 Å². The van der Waals surface area contributed by atoms with Crippen LogP contribution in [0.25, 0.3) is 0 Å². The lowest BCUT2D eigenvalue weighted by atomic mass is 10.7. The minimum atomic E-state index is -5.23. The van der Waals surface area contributed by atoms with Crippen molar-refractivity contribution in [3.8, 4) is 0 Å². The minimum Gasteiger partial charge on any atom is -0.366 e. The number of phosphoric ester groups is 1. The zero-order chi connectivity index (χ0) is 11.0. The maximum Gasteiger partial charge on any atom is 0.538 e. The molecule has 1 saturated heterocycles. The van der Waals surface area contributed by atoms with Gasteiger partial charge in [0.15, 0.2) is 0 Å².